The fraction of sp³-hybridized carbons (Fsp3) is 0.235. The highest BCUT2D eigenvalue weighted by molar-refractivity contribution is 7.92. The number of sulfonamides is 1. The second-order valence-corrected chi connectivity index (χ2v) is 7.19. The van der Waals surface area contributed by atoms with Crippen LogP contribution in [0.1, 0.15) is 23.6 Å². The van der Waals surface area contributed by atoms with Crippen LogP contribution in [0.5, 0.6) is 0 Å². The number of rotatable bonds is 4. The van der Waals surface area contributed by atoms with E-state index in [9.17, 15) is 13.2 Å². The minimum atomic E-state index is -3.68. The molecule has 0 aliphatic heterocycles. The highest BCUT2D eigenvalue weighted by atomic mass is 32.2. The van der Waals surface area contributed by atoms with Crippen molar-refractivity contribution in [3.05, 3.63) is 53.1 Å². The van der Waals surface area contributed by atoms with Crippen LogP contribution in [0.15, 0.2) is 41.3 Å². The van der Waals surface area contributed by atoms with E-state index in [2.05, 4.69) is 10.0 Å². The van der Waals surface area contributed by atoms with E-state index in [0.717, 1.165) is 11.1 Å². The van der Waals surface area contributed by atoms with E-state index >= 15 is 0 Å². The second kappa shape index (κ2) is 6.42. The monoisotopic (exact) mass is 332 g/mol. The van der Waals surface area contributed by atoms with Crippen LogP contribution in [-0.4, -0.2) is 14.3 Å². The number of hydrogen-bond donors (Lipinski definition) is 2. The molecular weight excluding hydrogens is 312 g/mol. The average molecular weight is 332 g/mol. The predicted molar refractivity (Wildman–Crippen MR) is 92.2 cm³/mol. The van der Waals surface area contributed by atoms with Crippen LogP contribution >= 0.6 is 0 Å². The van der Waals surface area contributed by atoms with Crippen molar-refractivity contribution in [1.29, 1.82) is 0 Å². The minimum Gasteiger partial charge on any atom is -0.326 e. The maximum absolute atomic E-state index is 12.6. The van der Waals surface area contributed by atoms with Crippen molar-refractivity contribution in [3.63, 3.8) is 0 Å². The first kappa shape index (κ1) is 17.0. The number of hydrogen-bond acceptors (Lipinski definition) is 3. The molecular formula is C17H20N2O3S. The van der Waals surface area contributed by atoms with Gasteiger partial charge in [0.05, 0.1) is 10.6 Å². The van der Waals surface area contributed by atoms with E-state index in [4.69, 9.17) is 0 Å². The van der Waals surface area contributed by atoms with Crippen molar-refractivity contribution < 1.29 is 13.2 Å². The molecule has 0 unspecified atom stereocenters. The average Bonchev–Trinajstić information content (AvgIpc) is 2.45. The molecule has 0 spiro atoms. The van der Waals surface area contributed by atoms with Gasteiger partial charge in [-0.25, -0.2) is 8.42 Å². The molecule has 0 radical (unpaired) electrons. The molecule has 0 aromatic heterocycles. The molecule has 0 saturated carbocycles. The van der Waals surface area contributed by atoms with Gasteiger partial charge in [-0.05, 0) is 61.7 Å². The summed E-state index contributed by atoms with van der Waals surface area (Å²) < 4.78 is 27.7. The van der Waals surface area contributed by atoms with Crippen LogP contribution < -0.4 is 10.0 Å². The summed E-state index contributed by atoms with van der Waals surface area (Å²) in [7, 11) is -3.68. The van der Waals surface area contributed by atoms with Crippen LogP contribution in [0.4, 0.5) is 11.4 Å². The van der Waals surface area contributed by atoms with Crippen molar-refractivity contribution in [3.8, 4) is 0 Å². The Kier molecular flexibility index (Phi) is 4.75. The molecule has 0 atom stereocenters. The molecule has 0 saturated heterocycles. The minimum absolute atomic E-state index is 0.157. The molecule has 2 aromatic rings. The summed E-state index contributed by atoms with van der Waals surface area (Å²) in [6.07, 6.45) is 0. The molecule has 0 aliphatic rings. The Balaban J connectivity index is 2.35. The van der Waals surface area contributed by atoms with E-state index in [1.54, 1.807) is 25.1 Å². The van der Waals surface area contributed by atoms with Gasteiger partial charge in [-0.15, -0.1) is 0 Å². The molecule has 23 heavy (non-hydrogen) atoms. The highest BCUT2D eigenvalue weighted by Crippen LogP contribution is 2.24. The Hall–Kier alpha value is -2.34. The van der Waals surface area contributed by atoms with Gasteiger partial charge in [-0.2, -0.15) is 0 Å². The van der Waals surface area contributed by atoms with Crippen molar-refractivity contribution in [2.45, 2.75) is 32.6 Å². The van der Waals surface area contributed by atoms with Crippen LogP contribution in [0, 0.1) is 20.8 Å². The third-order valence-corrected chi connectivity index (χ3v) is 5.03. The zero-order chi connectivity index (χ0) is 17.2. The SMILES string of the molecule is CC(=O)Nc1ccc(S(=O)(=O)Nc2cccc(C)c2C)cc1C. The lowest BCUT2D eigenvalue weighted by Gasteiger charge is -2.13. The number of aryl methyl sites for hydroxylation is 2. The number of benzene rings is 2. The lowest BCUT2D eigenvalue weighted by atomic mass is 10.1. The Labute approximate surface area is 136 Å². The largest absolute Gasteiger partial charge is 0.326 e. The van der Waals surface area contributed by atoms with E-state index in [0.29, 0.717) is 16.9 Å². The molecule has 1 amide bonds. The van der Waals surface area contributed by atoms with Crippen LogP contribution in [-0.2, 0) is 14.8 Å². The van der Waals surface area contributed by atoms with Gasteiger partial charge in [0, 0.05) is 12.6 Å². The van der Waals surface area contributed by atoms with E-state index < -0.39 is 10.0 Å². The van der Waals surface area contributed by atoms with Crippen molar-refractivity contribution >= 4 is 27.3 Å². The number of nitrogens with one attached hydrogen (secondary N) is 2. The fourth-order valence-electron chi connectivity index (χ4n) is 2.20. The first-order valence-electron chi connectivity index (χ1n) is 7.18. The molecule has 0 fully saturated rings. The lowest BCUT2D eigenvalue weighted by molar-refractivity contribution is -0.114. The van der Waals surface area contributed by atoms with E-state index in [-0.39, 0.29) is 10.8 Å². The van der Waals surface area contributed by atoms with Gasteiger partial charge in [0.2, 0.25) is 5.91 Å². The zero-order valence-corrected chi connectivity index (χ0v) is 14.4. The zero-order valence-electron chi connectivity index (χ0n) is 13.6. The van der Waals surface area contributed by atoms with Crippen LogP contribution in [0.3, 0.4) is 0 Å². The summed E-state index contributed by atoms with van der Waals surface area (Å²) in [5.74, 6) is -0.197. The summed E-state index contributed by atoms with van der Waals surface area (Å²) in [4.78, 5) is 11.3. The highest BCUT2D eigenvalue weighted by Gasteiger charge is 2.17. The molecule has 2 rings (SSSR count). The normalized spacial score (nSPS) is 11.1. The fourth-order valence-corrected chi connectivity index (χ4v) is 3.41. The van der Waals surface area contributed by atoms with Gasteiger partial charge in [0.15, 0.2) is 0 Å². The first-order chi connectivity index (χ1) is 10.7. The van der Waals surface area contributed by atoms with Gasteiger partial charge < -0.3 is 5.32 Å². The lowest BCUT2D eigenvalue weighted by Crippen LogP contribution is -2.15. The van der Waals surface area contributed by atoms with Crippen LogP contribution in [0.25, 0.3) is 0 Å². The maximum Gasteiger partial charge on any atom is 0.261 e. The van der Waals surface area contributed by atoms with E-state index in [1.165, 1.54) is 13.0 Å². The van der Waals surface area contributed by atoms with Gasteiger partial charge in [0.1, 0.15) is 0 Å². The third-order valence-electron chi connectivity index (χ3n) is 3.67. The molecule has 0 heterocycles. The van der Waals surface area contributed by atoms with Gasteiger partial charge in [-0.3, -0.25) is 9.52 Å². The summed E-state index contributed by atoms with van der Waals surface area (Å²) in [6, 6.07) is 10.1. The number of carbonyl (C=O) groups is 1. The summed E-state index contributed by atoms with van der Waals surface area (Å²) in [5, 5.41) is 2.66. The predicted octanol–water partition coefficient (Wildman–Crippen LogP) is 3.37. The summed E-state index contributed by atoms with van der Waals surface area (Å²) in [5.41, 5.74) is 3.76. The van der Waals surface area contributed by atoms with Crippen molar-refractivity contribution in [1.82, 2.24) is 0 Å². The maximum atomic E-state index is 12.6. The number of carbonyl (C=O) groups excluding carboxylic acids is 1. The number of amides is 1. The molecule has 122 valence electrons. The molecule has 0 aliphatic carbocycles. The molecule has 2 aromatic carbocycles. The first-order valence-corrected chi connectivity index (χ1v) is 8.66. The number of anilines is 2. The Morgan fingerprint density at radius 3 is 2.26 bits per heavy atom. The molecule has 0 bridgehead atoms. The Morgan fingerprint density at radius 1 is 0.957 bits per heavy atom. The van der Waals surface area contributed by atoms with Gasteiger partial charge in [-0.1, -0.05) is 12.1 Å². The summed E-state index contributed by atoms with van der Waals surface area (Å²) in [6.45, 7) is 6.96. The van der Waals surface area contributed by atoms with Crippen molar-refractivity contribution in [2.24, 2.45) is 0 Å². The molecule has 2 N–H and O–H groups in total. The Bertz CT molecular complexity index is 858. The quantitative estimate of drug-likeness (QED) is 0.901. The summed E-state index contributed by atoms with van der Waals surface area (Å²) >= 11 is 0. The van der Waals surface area contributed by atoms with E-state index in [1.807, 2.05) is 26.0 Å². The molecule has 5 nitrogen and oxygen atoms in total. The topological polar surface area (TPSA) is 75.3 Å². The second-order valence-electron chi connectivity index (χ2n) is 5.51. The van der Waals surface area contributed by atoms with Crippen molar-refractivity contribution in [2.75, 3.05) is 10.0 Å². The third kappa shape index (κ3) is 3.90. The molecule has 6 heteroatoms. The Morgan fingerprint density at radius 2 is 1.65 bits per heavy atom. The van der Waals surface area contributed by atoms with Crippen LogP contribution in [0.2, 0.25) is 0 Å². The van der Waals surface area contributed by atoms with Gasteiger partial charge >= 0.3 is 0 Å². The smallest absolute Gasteiger partial charge is 0.261 e. The standard InChI is InChI=1S/C17H20N2O3S/c1-11-6-5-7-17(13(11)3)19-23(21,22)15-8-9-16(12(2)10-15)18-14(4)20/h5-10,19H,1-4H3,(H,18,20). The van der Waals surface area contributed by atoms with Gasteiger partial charge in [0.25, 0.3) is 10.0 Å².